The summed E-state index contributed by atoms with van der Waals surface area (Å²) in [5, 5.41) is 2.14. The van der Waals surface area contributed by atoms with E-state index in [-0.39, 0.29) is 18.1 Å². The van der Waals surface area contributed by atoms with Crippen molar-refractivity contribution in [2.24, 2.45) is 0 Å². The van der Waals surface area contributed by atoms with Gasteiger partial charge in [-0.1, -0.05) is 12.1 Å². The second-order valence-corrected chi connectivity index (χ2v) is 8.79. The molecule has 2 aromatic rings. The first-order chi connectivity index (χ1) is 14.2. The maximum absolute atomic E-state index is 13.1. The molecule has 1 unspecified atom stereocenters. The monoisotopic (exact) mass is 414 g/mol. The first kappa shape index (κ1) is 20.2. The van der Waals surface area contributed by atoms with Crippen LogP contribution in [0.1, 0.15) is 37.1 Å². The molecule has 2 aliphatic heterocycles. The second kappa shape index (κ2) is 9.18. The molecular weight excluding hydrogens is 384 g/mol. The number of para-hydroxylation sites is 2. The van der Waals surface area contributed by atoms with Gasteiger partial charge in [-0.3, -0.25) is 9.69 Å². The number of rotatable bonds is 6. The number of carbonyl (C=O) groups excluding carboxylic acids is 1. The topological polar surface area (TPSA) is 42.0 Å². The highest BCUT2D eigenvalue weighted by Crippen LogP contribution is 2.30. The van der Waals surface area contributed by atoms with Crippen molar-refractivity contribution in [3.8, 4) is 11.5 Å². The highest BCUT2D eigenvalue weighted by Gasteiger charge is 2.31. The standard InChI is InChI=1S/C23H30N2O3S/c1-3-27-20-6-4-5-7-21(20)28-19-8-12-24(13-9-19)17(2)23(26)25-14-10-22-18(16-25)11-15-29-22/h4-7,11,15,17,19H,3,8-10,12-14,16H2,1-2H3. The van der Waals surface area contributed by atoms with Gasteiger partial charge in [-0.2, -0.15) is 0 Å². The Morgan fingerprint density at radius 3 is 2.69 bits per heavy atom. The maximum atomic E-state index is 13.1. The number of ether oxygens (including phenoxy) is 2. The third-order valence-corrected chi connectivity index (χ3v) is 6.97. The lowest BCUT2D eigenvalue weighted by atomic mass is 10.0. The fourth-order valence-electron chi connectivity index (χ4n) is 4.24. The molecule has 1 aromatic heterocycles. The van der Waals surface area contributed by atoms with Crippen LogP contribution >= 0.6 is 11.3 Å². The van der Waals surface area contributed by atoms with Crippen LogP contribution in [-0.2, 0) is 17.8 Å². The van der Waals surface area contributed by atoms with Crippen molar-refractivity contribution in [1.29, 1.82) is 0 Å². The smallest absolute Gasteiger partial charge is 0.239 e. The van der Waals surface area contributed by atoms with Crippen LogP contribution in [0.25, 0.3) is 0 Å². The fourth-order valence-corrected chi connectivity index (χ4v) is 5.13. The van der Waals surface area contributed by atoms with Crippen LogP contribution in [-0.4, -0.2) is 54.1 Å². The number of thiophene rings is 1. The van der Waals surface area contributed by atoms with Crippen LogP contribution in [0.15, 0.2) is 35.7 Å². The van der Waals surface area contributed by atoms with Crippen molar-refractivity contribution in [2.75, 3.05) is 26.2 Å². The lowest BCUT2D eigenvalue weighted by Crippen LogP contribution is -2.51. The summed E-state index contributed by atoms with van der Waals surface area (Å²) in [5.74, 6) is 1.87. The molecule has 1 saturated heterocycles. The normalized spacial score (nSPS) is 18.9. The summed E-state index contributed by atoms with van der Waals surface area (Å²) in [4.78, 5) is 18.8. The quantitative estimate of drug-likeness (QED) is 0.717. The molecule has 0 saturated carbocycles. The van der Waals surface area contributed by atoms with E-state index in [9.17, 15) is 4.79 Å². The Kier molecular flexibility index (Phi) is 6.40. The van der Waals surface area contributed by atoms with Crippen LogP contribution < -0.4 is 9.47 Å². The van der Waals surface area contributed by atoms with Crippen molar-refractivity contribution in [1.82, 2.24) is 9.80 Å². The van der Waals surface area contributed by atoms with Crippen molar-refractivity contribution in [3.05, 3.63) is 46.2 Å². The summed E-state index contributed by atoms with van der Waals surface area (Å²) in [5.41, 5.74) is 1.32. The van der Waals surface area contributed by atoms with Gasteiger partial charge in [0.2, 0.25) is 5.91 Å². The molecule has 2 aliphatic rings. The number of piperidine rings is 1. The minimum Gasteiger partial charge on any atom is -0.490 e. The molecule has 4 rings (SSSR count). The van der Waals surface area contributed by atoms with Gasteiger partial charge in [0.1, 0.15) is 6.10 Å². The SMILES string of the molecule is CCOc1ccccc1OC1CCN(C(C)C(=O)N2CCc3sccc3C2)CC1. The zero-order valence-electron chi connectivity index (χ0n) is 17.3. The Morgan fingerprint density at radius 2 is 1.93 bits per heavy atom. The number of carbonyl (C=O) groups is 1. The van der Waals surface area contributed by atoms with Crippen LogP contribution in [0.3, 0.4) is 0 Å². The predicted octanol–water partition coefficient (Wildman–Crippen LogP) is 3.96. The average Bonchev–Trinajstić information content (AvgIpc) is 3.23. The number of hydrogen-bond acceptors (Lipinski definition) is 5. The van der Waals surface area contributed by atoms with Gasteiger partial charge >= 0.3 is 0 Å². The zero-order chi connectivity index (χ0) is 20.2. The van der Waals surface area contributed by atoms with E-state index in [1.54, 1.807) is 0 Å². The Balaban J connectivity index is 1.30. The molecule has 0 bridgehead atoms. The molecule has 1 amide bonds. The third kappa shape index (κ3) is 4.59. The van der Waals surface area contributed by atoms with Gasteiger partial charge in [0, 0.05) is 31.1 Å². The van der Waals surface area contributed by atoms with E-state index < -0.39 is 0 Å². The highest BCUT2D eigenvalue weighted by atomic mass is 32.1. The van der Waals surface area contributed by atoms with Gasteiger partial charge in [0.05, 0.1) is 12.6 Å². The maximum Gasteiger partial charge on any atom is 0.239 e. The lowest BCUT2D eigenvalue weighted by molar-refractivity contribution is -0.138. The average molecular weight is 415 g/mol. The molecule has 6 heteroatoms. The highest BCUT2D eigenvalue weighted by molar-refractivity contribution is 7.10. The minimum absolute atomic E-state index is 0.0770. The molecule has 5 nitrogen and oxygen atoms in total. The fraction of sp³-hybridized carbons (Fsp3) is 0.522. The third-order valence-electron chi connectivity index (χ3n) is 5.94. The minimum atomic E-state index is -0.0770. The summed E-state index contributed by atoms with van der Waals surface area (Å²) in [6.07, 6.45) is 3.00. The van der Waals surface area contributed by atoms with Crippen molar-refractivity contribution in [3.63, 3.8) is 0 Å². The van der Waals surface area contributed by atoms with E-state index in [0.717, 1.165) is 56.9 Å². The number of benzene rings is 1. The number of likely N-dealkylation sites (tertiary alicyclic amines) is 1. The van der Waals surface area contributed by atoms with Gasteiger partial charge in [0.25, 0.3) is 0 Å². The van der Waals surface area contributed by atoms with Crippen molar-refractivity contribution in [2.45, 2.75) is 51.8 Å². The van der Waals surface area contributed by atoms with E-state index in [1.165, 1.54) is 10.4 Å². The summed E-state index contributed by atoms with van der Waals surface area (Å²) in [6, 6.07) is 9.95. The van der Waals surface area contributed by atoms with Gasteiger partial charge < -0.3 is 14.4 Å². The Bertz CT molecular complexity index is 829. The first-order valence-corrected chi connectivity index (χ1v) is 11.5. The molecule has 3 heterocycles. The summed E-state index contributed by atoms with van der Waals surface area (Å²) >= 11 is 1.81. The summed E-state index contributed by atoms with van der Waals surface area (Å²) in [7, 11) is 0. The summed E-state index contributed by atoms with van der Waals surface area (Å²) in [6.45, 7) is 8.02. The molecule has 1 aromatic carbocycles. The largest absolute Gasteiger partial charge is 0.490 e. The van der Waals surface area contributed by atoms with Crippen LogP contribution in [0, 0.1) is 0 Å². The van der Waals surface area contributed by atoms with Gasteiger partial charge in [-0.15, -0.1) is 11.3 Å². The number of hydrogen-bond donors (Lipinski definition) is 0. The zero-order valence-corrected chi connectivity index (χ0v) is 18.1. The van der Waals surface area contributed by atoms with Crippen LogP contribution in [0.2, 0.25) is 0 Å². The van der Waals surface area contributed by atoms with E-state index in [2.05, 4.69) is 23.3 Å². The first-order valence-electron chi connectivity index (χ1n) is 10.6. The molecule has 0 radical (unpaired) electrons. The van der Waals surface area contributed by atoms with Crippen molar-refractivity contribution >= 4 is 17.2 Å². The Labute approximate surface area is 177 Å². The molecule has 29 heavy (non-hydrogen) atoms. The Morgan fingerprint density at radius 1 is 1.17 bits per heavy atom. The number of fused-ring (bicyclic) bond motifs is 1. The number of amides is 1. The van der Waals surface area contributed by atoms with Crippen LogP contribution in [0.5, 0.6) is 11.5 Å². The van der Waals surface area contributed by atoms with E-state index in [4.69, 9.17) is 9.47 Å². The molecular formula is C23H30N2O3S. The molecule has 156 valence electrons. The predicted molar refractivity (Wildman–Crippen MR) is 116 cm³/mol. The van der Waals surface area contributed by atoms with E-state index in [1.807, 2.05) is 47.4 Å². The molecule has 0 aliphatic carbocycles. The van der Waals surface area contributed by atoms with Crippen molar-refractivity contribution < 1.29 is 14.3 Å². The van der Waals surface area contributed by atoms with Gasteiger partial charge in [-0.25, -0.2) is 0 Å². The van der Waals surface area contributed by atoms with Crippen LogP contribution in [0.4, 0.5) is 0 Å². The Hall–Kier alpha value is -2.05. The van der Waals surface area contributed by atoms with E-state index >= 15 is 0 Å². The molecule has 1 fully saturated rings. The molecule has 0 spiro atoms. The molecule has 0 N–H and O–H groups in total. The number of nitrogens with zero attached hydrogens (tertiary/aromatic N) is 2. The molecule has 1 atom stereocenters. The second-order valence-electron chi connectivity index (χ2n) is 7.79. The lowest BCUT2D eigenvalue weighted by Gasteiger charge is -2.38. The van der Waals surface area contributed by atoms with Gasteiger partial charge in [0.15, 0.2) is 11.5 Å². The van der Waals surface area contributed by atoms with Gasteiger partial charge in [-0.05, 0) is 62.3 Å². The van der Waals surface area contributed by atoms with E-state index in [0.29, 0.717) is 6.61 Å². The summed E-state index contributed by atoms with van der Waals surface area (Å²) < 4.78 is 11.9.